The highest BCUT2D eigenvalue weighted by molar-refractivity contribution is 5.76. The van der Waals surface area contributed by atoms with Gasteiger partial charge >= 0.3 is 0 Å². The zero-order valence-corrected chi connectivity index (χ0v) is 7.66. The summed E-state index contributed by atoms with van der Waals surface area (Å²) in [5.74, 6) is 0.585. The molecule has 0 aromatic heterocycles. The van der Waals surface area contributed by atoms with E-state index in [9.17, 15) is 0 Å². The fourth-order valence-electron chi connectivity index (χ4n) is 1.73. The molecule has 0 aromatic rings. The van der Waals surface area contributed by atoms with E-state index in [1.54, 1.807) is 0 Å². The maximum absolute atomic E-state index is 8.99. The number of rotatable bonds is 3. The van der Waals surface area contributed by atoms with E-state index >= 15 is 0 Å². The van der Waals surface area contributed by atoms with Crippen molar-refractivity contribution in [3.63, 3.8) is 0 Å². The Bertz CT molecular complexity index is 203. The quantitative estimate of drug-likeness (QED) is 0.453. The minimum Gasteiger partial charge on any atom is -0.404 e. The summed E-state index contributed by atoms with van der Waals surface area (Å²) in [6.07, 6.45) is 3.70. The van der Waals surface area contributed by atoms with Gasteiger partial charge in [-0.3, -0.25) is 0 Å². The number of hydrogen-bond acceptors (Lipinski definition) is 4. The standard InChI is InChI=1S/C9H17N3O/c10-2-9(3-11)8-1-7(6-13)4-12-5-8/h2-3,7-8,10,12-13H,1,4-6,11H2/b9-3+,10-2?. The summed E-state index contributed by atoms with van der Waals surface area (Å²) in [6.45, 7) is 1.93. The van der Waals surface area contributed by atoms with Crippen molar-refractivity contribution in [1.29, 1.82) is 5.41 Å². The lowest BCUT2D eigenvalue weighted by atomic mass is 9.86. The van der Waals surface area contributed by atoms with Crippen LogP contribution >= 0.6 is 0 Å². The normalized spacial score (nSPS) is 30.1. The first-order valence-electron chi connectivity index (χ1n) is 4.55. The first-order chi connectivity index (χ1) is 6.31. The fraction of sp³-hybridized carbons (Fsp3) is 0.667. The van der Waals surface area contributed by atoms with Crippen LogP contribution in [0.4, 0.5) is 0 Å². The molecule has 1 aliphatic rings. The van der Waals surface area contributed by atoms with E-state index < -0.39 is 0 Å². The summed E-state index contributed by atoms with van der Waals surface area (Å²) >= 11 is 0. The predicted octanol–water partition coefficient (Wildman–Crippen LogP) is -0.303. The second kappa shape index (κ2) is 4.99. The lowest BCUT2D eigenvalue weighted by Gasteiger charge is -2.29. The first kappa shape index (κ1) is 10.2. The summed E-state index contributed by atoms with van der Waals surface area (Å²) in [5, 5.41) is 19.4. The highest BCUT2D eigenvalue weighted by Crippen LogP contribution is 2.21. The first-order valence-corrected chi connectivity index (χ1v) is 4.55. The SMILES string of the molecule is N=C/C(=C\N)C1CNCC(CO)C1. The van der Waals surface area contributed by atoms with Crippen molar-refractivity contribution in [1.82, 2.24) is 5.32 Å². The van der Waals surface area contributed by atoms with E-state index in [1.165, 1.54) is 12.4 Å². The third-order valence-electron chi connectivity index (χ3n) is 2.53. The van der Waals surface area contributed by atoms with Crippen LogP contribution in [-0.2, 0) is 0 Å². The molecule has 1 rings (SSSR count). The Hall–Kier alpha value is -0.870. The highest BCUT2D eigenvalue weighted by atomic mass is 16.3. The average Bonchev–Trinajstić information content (AvgIpc) is 2.20. The molecule has 1 aliphatic heterocycles. The minimum absolute atomic E-state index is 0.208. The molecular weight excluding hydrogens is 166 g/mol. The van der Waals surface area contributed by atoms with Crippen LogP contribution < -0.4 is 11.1 Å². The van der Waals surface area contributed by atoms with Gasteiger partial charge in [0.2, 0.25) is 0 Å². The molecule has 0 amide bonds. The maximum Gasteiger partial charge on any atom is 0.0471 e. The minimum atomic E-state index is 0.208. The van der Waals surface area contributed by atoms with Gasteiger partial charge in [0.15, 0.2) is 0 Å². The number of piperidine rings is 1. The number of hydrogen-bond donors (Lipinski definition) is 4. The lowest BCUT2D eigenvalue weighted by molar-refractivity contribution is 0.183. The van der Waals surface area contributed by atoms with E-state index in [0.29, 0.717) is 5.92 Å². The van der Waals surface area contributed by atoms with Crippen LogP contribution in [0.5, 0.6) is 0 Å². The van der Waals surface area contributed by atoms with Crippen molar-refractivity contribution in [2.45, 2.75) is 6.42 Å². The van der Waals surface area contributed by atoms with Crippen LogP contribution in [-0.4, -0.2) is 31.0 Å². The second-order valence-corrected chi connectivity index (χ2v) is 3.45. The van der Waals surface area contributed by atoms with Crippen LogP contribution in [0, 0.1) is 17.2 Å². The van der Waals surface area contributed by atoms with Crippen molar-refractivity contribution in [3.8, 4) is 0 Å². The third-order valence-corrected chi connectivity index (χ3v) is 2.53. The monoisotopic (exact) mass is 183 g/mol. The van der Waals surface area contributed by atoms with Gasteiger partial charge in [-0.1, -0.05) is 0 Å². The predicted molar refractivity (Wildman–Crippen MR) is 52.6 cm³/mol. The van der Waals surface area contributed by atoms with Crippen molar-refractivity contribution in [2.24, 2.45) is 17.6 Å². The zero-order chi connectivity index (χ0) is 9.68. The number of nitrogens with one attached hydrogen (secondary N) is 2. The number of aliphatic hydroxyl groups excluding tert-OH is 1. The Kier molecular flexibility index (Phi) is 3.92. The summed E-state index contributed by atoms with van der Waals surface area (Å²) in [7, 11) is 0. The van der Waals surface area contributed by atoms with E-state index in [-0.39, 0.29) is 12.5 Å². The van der Waals surface area contributed by atoms with Crippen molar-refractivity contribution < 1.29 is 5.11 Å². The molecule has 1 heterocycles. The molecule has 13 heavy (non-hydrogen) atoms. The molecule has 1 saturated heterocycles. The molecule has 0 spiro atoms. The van der Waals surface area contributed by atoms with E-state index in [0.717, 1.165) is 25.1 Å². The highest BCUT2D eigenvalue weighted by Gasteiger charge is 2.22. The topological polar surface area (TPSA) is 82.1 Å². The molecule has 4 nitrogen and oxygen atoms in total. The lowest BCUT2D eigenvalue weighted by Crippen LogP contribution is -2.38. The Morgan fingerprint density at radius 2 is 2.38 bits per heavy atom. The average molecular weight is 183 g/mol. The van der Waals surface area contributed by atoms with Gasteiger partial charge in [0, 0.05) is 25.9 Å². The van der Waals surface area contributed by atoms with E-state index in [2.05, 4.69) is 5.32 Å². The number of nitrogens with two attached hydrogens (primary N) is 1. The summed E-state index contributed by atoms with van der Waals surface area (Å²) < 4.78 is 0. The van der Waals surface area contributed by atoms with E-state index in [1.807, 2.05) is 0 Å². The zero-order valence-electron chi connectivity index (χ0n) is 7.66. The van der Waals surface area contributed by atoms with Crippen LogP contribution in [0.15, 0.2) is 11.8 Å². The van der Waals surface area contributed by atoms with Gasteiger partial charge < -0.3 is 21.6 Å². The maximum atomic E-state index is 8.99. The Labute approximate surface area is 78.3 Å². The van der Waals surface area contributed by atoms with Gasteiger partial charge in [0.1, 0.15) is 0 Å². The Balaban J connectivity index is 2.55. The van der Waals surface area contributed by atoms with Gasteiger partial charge in [0.05, 0.1) is 0 Å². The Morgan fingerprint density at radius 3 is 2.92 bits per heavy atom. The van der Waals surface area contributed by atoms with E-state index in [4.69, 9.17) is 16.2 Å². The molecule has 0 aromatic carbocycles. The molecule has 0 bridgehead atoms. The number of aliphatic hydroxyl groups is 1. The van der Waals surface area contributed by atoms with Crippen molar-refractivity contribution in [2.75, 3.05) is 19.7 Å². The van der Waals surface area contributed by atoms with Crippen molar-refractivity contribution in [3.05, 3.63) is 11.8 Å². The van der Waals surface area contributed by atoms with Gasteiger partial charge in [-0.15, -0.1) is 0 Å². The van der Waals surface area contributed by atoms with Gasteiger partial charge in [-0.25, -0.2) is 0 Å². The molecule has 74 valence electrons. The smallest absolute Gasteiger partial charge is 0.0471 e. The molecule has 5 N–H and O–H groups in total. The molecule has 0 saturated carbocycles. The largest absolute Gasteiger partial charge is 0.404 e. The molecular formula is C9H17N3O. The van der Waals surface area contributed by atoms with Crippen LogP contribution in [0.3, 0.4) is 0 Å². The molecule has 0 radical (unpaired) electrons. The van der Waals surface area contributed by atoms with Crippen LogP contribution in [0.1, 0.15) is 6.42 Å². The van der Waals surface area contributed by atoms with Gasteiger partial charge in [0.25, 0.3) is 0 Å². The molecule has 2 atom stereocenters. The summed E-state index contributed by atoms with van der Waals surface area (Å²) in [5.41, 5.74) is 6.25. The van der Waals surface area contributed by atoms with Gasteiger partial charge in [-0.05, 0) is 30.0 Å². The molecule has 4 heteroatoms. The van der Waals surface area contributed by atoms with Gasteiger partial charge in [-0.2, -0.15) is 0 Å². The second-order valence-electron chi connectivity index (χ2n) is 3.45. The van der Waals surface area contributed by atoms with Crippen LogP contribution in [0.2, 0.25) is 0 Å². The van der Waals surface area contributed by atoms with Crippen molar-refractivity contribution >= 4 is 6.21 Å². The third kappa shape index (κ3) is 2.54. The molecule has 2 unspecified atom stereocenters. The fourth-order valence-corrected chi connectivity index (χ4v) is 1.73. The molecule has 1 fully saturated rings. The Morgan fingerprint density at radius 1 is 1.62 bits per heavy atom. The van der Waals surface area contributed by atoms with Crippen LogP contribution in [0.25, 0.3) is 0 Å². The molecule has 0 aliphatic carbocycles. The summed E-state index contributed by atoms with van der Waals surface area (Å²) in [4.78, 5) is 0. The summed E-state index contributed by atoms with van der Waals surface area (Å²) in [6, 6.07) is 0.